The lowest BCUT2D eigenvalue weighted by molar-refractivity contribution is 0.0384. The number of carbonyl (C=O) groups excluding carboxylic acids is 1. The van der Waals surface area contributed by atoms with Gasteiger partial charge in [0.1, 0.15) is 5.82 Å². The number of nitrogens with two attached hydrogens (primary N) is 1. The highest BCUT2D eigenvalue weighted by atomic mass is 16.5. The molecule has 1 aromatic rings. The van der Waals surface area contributed by atoms with Gasteiger partial charge in [-0.3, -0.25) is 4.79 Å². The second-order valence-electron chi connectivity index (χ2n) is 6.47. The topological polar surface area (TPSA) is 77.2 Å². The van der Waals surface area contributed by atoms with E-state index in [1.165, 1.54) is 25.7 Å². The maximum atomic E-state index is 11.5. The van der Waals surface area contributed by atoms with E-state index < -0.39 is 5.91 Å². The third-order valence-electron chi connectivity index (χ3n) is 5.12. The molecule has 5 heteroatoms. The molecule has 2 fully saturated rings. The molecular formula is C17H25N3O2. The van der Waals surface area contributed by atoms with Crippen molar-refractivity contribution in [3.8, 4) is 0 Å². The van der Waals surface area contributed by atoms with Crippen LogP contribution in [0.2, 0.25) is 0 Å². The number of amides is 1. The summed E-state index contributed by atoms with van der Waals surface area (Å²) in [6, 6.07) is 3.86. The zero-order valence-corrected chi connectivity index (χ0v) is 13.0. The highest BCUT2D eigenvalue weighted by Crippen LogP contribution is 2.36. The molecule has 0 aromatic carbocycles. The lowest BCUT2D eigenvalue weighted by atomic mass is 9.75. The predicted octanol–water partition coefficient (Wildman–Crippen LogP) is 2.58. The lowest BCUT2D eigenvalue weighted by Gasteiger charge is -2.36. The van der Waals surface area contributed by atoms with E-state index in [1.54, 1.807) is 18.3 Å². The van der Waals surface area contributed by atoms with E-state index in [0.29, 0.717) is 17.4 Å². The van der Waals surface area contributed by atoms with Crippen LogP contribution in [0.4, 0.5) is 5.82 Å². The molecule has 1 aliphatic heterocycles. The Bertz CT molecular complexity index is 506. The molecule has 2 heterocycles. The Kier molecular flexibility index (Phi) is 4.93. The van der Waals surface area contributed by atoms with Gasteiger partial charge in [-0.05, 0) is 62.5 Å². The minimum Gasteiger partial charge on any atom is -0.381 e. The van der Waals surface area contributed by atoms with Crippen LogP contribution in [-0.2, 0) is 4.74 Å². The van der Waals surface area contributed by atoms with Crippen LogP contribution in [0.3, 0.4) is 0 Å². The number of nitrogens with zero attached hydrogens (tertiary/aromatic N) is 1. The average molecular weight is 303 g/mol. The molecular weight excluding hydrogens is 278 g/mol. The van der Waals surface area contributed by atoms with Gasteiger partial charge in [-0.2, -0.15) is 0 Å². The number of anilines is 1. The Morgan fingerprint density at radius 3 is 2.50 bits per heavy atom. The smallest absolute Gasteiger partial charge is 0.252 e. The molecule has 1 saturated carbocycles. The minimum absolute atomic E-state index is 0.393. The molecule has 0 spiro atoms. The van der Waals surface area contributed by atoms with Crippen LogP contribution in [0, 0.1) is 11.8 Å². The van der Waals surface area contributed by atoms with Crippen LogP contribution >= 0.6 is 0 Å². The fourth-order valence-electron chi connectivity index (χ4n) is 3.83. The molecule has 3 rings (SSSR count). The molecule has 120 valence electrons. The molecule has 1 aromatic heterocycles. The van der Waals surface area contributed by atoms with Crippen molar-refractivity contribution in [3.05, 3.63) is 23.9 Å². The molecule has 1 amide bonds. The molecule has 0 unspecified atom stereocenters. The first-order valence-electron chi connectivity index (χ1n) is 8.33. The fraction of sp³-hybridized carbons (Fsp3) is 0.647. The maximum absolute atomic E-state index is 11.5. The van der Waals surface area contributed by atoms with E-state index in [1.807, 2.05) is 0 Å². The summed E-state index contributed by atoms with van der Waals surface area (Å²) in [6.07, 6.45) is 8.90. The van der Waals surface area contributed by atoms with E-state index in [-0.39, 0.29) is 0 Å². The van der Waals surface area contributed by atoms with Crippen molar-refractivity contribution in [3.63, 3.8) is 0 Å². The molecule has 1 aliphatic carbocycles. The predicted molar refractivity (Wildman–Crippen MR) is 85.7 cm³/mol. The van der Waals surface area contributed by atoms with Gasteiger partial charge < -0.3 is 15.8 Å². The highest BCUT2D eigenvalue weighted by Gasteiger charge is 2.29. The first-order chi connectivity index (χ1) is 10.7. The first kappa shape index (κ1) is 15.3. The van der Waals surface area contributed by atoms with Crippen LogP contribution in [-0.4, -0.2) is 30.1 Å². The van der Waals surface area contributed by atoms with Gasteiger partial charge in [0.25, 0.3) is 5.91 Å². The van der Waals surface area contributed by atoms with Crippen LogP contribution in [0.1, 0.15) is 48.9 Å². The fourth-order valence-corrected chi connectivity index (χ4v) is 3.83. The van der Waals surface area contributed by atoms with Crippen molar-refractivity contribution < 1.29 is 9.53 Å². The Morgan fingerprint density at radius 1 is 1.14 bits per heavy atom. The third kappa shape index (κ3) is 3.58. The van der Waals surface area contributed by atoms with E-state index in [4.69, 9.17) is 10.5 Å². The Labute approximate surface area is 131 Å². The summed E-state index contributed by atoms with van der Waals surface area (Å²) < 4.78 is 5.46. The largest absolute Gasteiger partial charge is 0.381 e. The molecule has 0 atom stereocenters. The molecule has 3 N–H and O–H groups in total. The van der Waals surface area contributed by atoms with Crippen molar-refractivity contribution in [1.29, 1.82) is 0 Å². The summed E-state index contributed by atoms with van der Waals surface area (Å²) in [7, 11) is 0. The van der Waals surface area contributed by atoms with E-state index >= 15 is 0 Å². The third-order valence-corrected chi connectivity index (χ3v) is 5.12. The van der Waals surface area contributed by atoms with E-state index in [0.717, 1.165) is 37.9 Å². The minimum atomic E-state index is -0.425. The number of primary amides is 1. The summed E-state index contributed by atoms with van der Waals surface area (Å²) in [5.74, 6) is 1.88. The SMILES string of the molecule is NC(=O)c1cccnc1NC1CCC(C2CCOCC2)CC1. The highest BCUT2D eigenvalue weighted by molar-refractivity contribution is 5.97. The zero-order valence-electron chi connectivity index (χ0n) is 13.0. The number of rotatable bonds is 4. The Balaban J connectivity index is 1.55. The van der Waals surface area contributed by atoms with Gasteiger partial charge in [-0.1, -0.05) is 0 Å². The zero-order chi connectivity index (χ0) is 15.4. The van der Waals surface area contributed by atoms with Gasteiger partial charge in [0.2, 0.25) is 0 Å². The quantitative estimate of drug-likeness (QED) is 0.896. The first-order valence-corrected chi connectivity index (χ1v) is 8.33. The molecule has 2 aliphatic rings. The summed E-state index contributed by atoms with van der Waals surface area (Å²) >= 11 is 0. The second kappa shape index (κ2) is 7.09. The number of hydrogen-bond donors (Lipinski definition) is 2. The van der Waals surface area contributed by atoms with Gasteiger partial charge in [-0.15, -0.1) is 0 Å². The molecule has 0 radical (unpaired) electrons. The summed E-state index contributed by atoms with van der Waals surface area (Å²) in [5, 5.41) is 3.42. The summed E-state index contributed by atoms with van der Waals surface area (Å²) in [4.78, 5) is 15.7. The second-order valence-corrected chi connectivity index (χ2v) is 6.47. The number of hydrogen-bond acceptors (Lipinski definition) is 4. The van der Waals surface area contributed by atoms with Gasteiger partial charge in [0, 0.05) is 25.5 Å². The molecule has 5 nitrogen and oxygen atoms in total. The number of carbonyl (C=O) groups is 1. The average Bonchev–Trinajstić information content (AvgIpc) is 2.57. The van der Waals surface area contributed by atoms with Crippen LogP contribution < -0.4 is 11.1 Å². The Morgan fingerprint density at radius 2 is 1.82 bits per heavy atom. The number of aromatic nitrogens is 1. The molecule has 22 heavy (non-hydrogen) atoms. The van der Waals surface area contributed by atoms with Crippen molar-refractivity contribution in [2.45, 2.75) is 44.6 Å². The van der Waals surface area contributed by atoms with Crippen LogP contribution in [0.25, 0.3) is 0 Å². The van der Waals surface area contributed by atoms with Gasteiger partial charge in [0.15, 0.2) is 0 Å². The van der Waals surface area contributed by atoms with Gasteiger partial charge >= 0.3 is 0 Å². The monoisotopic (exact) mass is 303 g/mol. The summed E-state index contributed by atoms with van der Waals surface area (Å²) in [6.45, 7) is 1.86. The van der Waals surface area contributed by atoms with Crippen molar-refractivity contribution in [2.75, 3.05) is 18.5 Å². The van der Waals surface area contributed by atoms with Crippen molar-refractivity contribution in [2.24, 2.45) is 17.6 Å². The normalized spacial score (nSPS) is 26.5. The number of ether oxygens (including phenoxy) is 1. The van der Waals surface area contributed by atoms with Gasteiger partial charge in [-0.25, -0.2) is 4.98 Å². The summed E-state index contributed by atoms with van der Waals surface area (Å²) in [5.41, 5.74) is 5.89. The van der Waals surface area contributed by atoms with Crippen LogP contribution in [0.15, 0.2) is 18.3 Å². The number of pyridine rings is 1. The van der Waals surface area contributed by atoms with E-state index in [9.17, 15) is 4.79 Å². The Hall–Kier alpha value is -1.62. The maximum Gasteiger partial charge on any atom is 0.252 e. The standard InChI is InChI=1S/C17H25N3O2/c18-16(21)15-2-1-9-19-17(15)20-14-5-3-12(4-6-14)13-7-10-22-11-8-13/h1-2,9,12-14H,3-8,10-11H2,(H2,18,21)(H,19,20). The van der Waals surface area contributed by atoms with Gasteiger partial charge in [0.05, 0.1) is 5.56 Å². The van der Waals surface area contributed by atoms with E-state index in [2.05, 4.69) is 10.3 Å². The van der Waals surface area contributed by atoms with Crippen LogP contribution in [0.5, 0.6) is 0 Å². The molecule has 0 bridgehead atoms. The van der Waals surface area contributed by atoms with Crippen molar-refractivity contribution >= 4 is 11.7 Å². The molecule has 1 saturated heterocycles. The number of nitrogens with one attached hydrogen (secondary N) is 1. The van der Waals surface area contributed by atoms with Crippen molar-refractivity contribution in [1.82, 2.24) is 4.98 Å². The lowest BCUT2D eigenvalue weighted by Crippen LogP contribution is -2.32.